The van der Waals surface area contributed by atoms with Crippen LogP contribution >= 0.6 is 0 Å². The molecule has 2 rings (SSSR count). The average molecular weight is 220 g/mol. The second kappa shape index (κ2) is 4.51. The van der Waals surface area contributed by atoms with Crippen LogP contribution in [0.25, 0.3) is 0 Å². The van der Waals surface area contributed by atoms with Gasteiger partial charge in [-0.15, -0.1) is 0 Å². The van der Waals surface area contributed by atoms with Crippen molar-refractivity contribution in [3.63, 3.8) is 0 Å². The Kier molecular flexibility index (Phi) is 3.08. The first-order valence-corrected chi connectivity index (χ1v) is 5.64. The lowest BCUT2D eigenvalue weighted by atomic mass is 10.2. The van der Waals surface area contributed by atoms with Crippen molar-refractivity contribution in [2.24, 2.45) is 5.92 Å². The van der Waals surface area contributed by atoms with Crippen LogP contribution < -0.4 is 4.90 Å². The molecule has 86 valence electrons. The van der Waals surface area contributed by atoms with Crippen LogP contribution in [0.3, 0.4) is 0 Å². The highest BCUT2D eigenvalue weighted by Gasteiger charge is 2.25. The Morgan fingerprint density at radius 3 is 2.94 bits per heavy atom. The summed E-state index contributed by atoms with van der Waals surface area (Å²) in [4.78, 5) is 17.1. The SMILES string of the molecule is CCN(CC1CC1)c1ccncc1C(=O)O. The smallest absolute Gasteiger partial charge is 0.339 e. The van der Waals surface area contributed by atoms with Gasteiger partial charge in [-0.1, -0.05) is 0 Å². The molecule has 1 aromatic rings. The summed E-state index contributed by atoms with van der Waals surface area (Å²) in [6.45, 7) is 3.84. The third-order valence-electron chi connectivity index (χ3n) is 2.93. The highest BCUT2D eigenvalue weighted by atomic mass is 16.4. The van der Waals surface area contributed by atoms with Crippen LogP contribution in [0.2, 0.25) is 0 Å². The lowest BCUT2D eigenvalue weighted by molar-refractivity contribution is 0.0697. The van der Waals surface area contributed by atoms with Crippen LogP contribution in [0.5, 0.6) is 0 Å². The highest BCUT2D eigenvalue weighted by molar-refractivity contribution is 5.94. The molecule has 0 aromatic carbocycles. The van der Waals surface area contributed by atoms with Crippen LogP contribution in [-0.2, 0) is 0 Å². The fourth-order valence-electron chi connectivity index (χ4n) is 1.84. The molecule has 0 spiro atoms. The van der Waals surface area contributed by atoms with E-state index in [-0.39, 0.29) is 0 Å². The maximum Gasteiger partial charge on any atom is 0.339 e. The summed E-state index contributed by atoms with van der Waals surface area (Å²) in [5, 5.41) is 9.09. The zero-order valence-electron chi connectivity index (χ0n) is 9.39. The van der Waals surface area contributed by atoms with Gasteiger partial charge < -0.3 is 10.0 Å². The van der Waals surface area contributed by atoms with Crippen LogP contribution in [0.4, 0.5) is 5.69 Å². The van der Waals surface area contributed by atoms with E-state index in [9.17, 15) is 4.79 Å². The van der Waals surface area contributed by atoms with E-state index in [1.54, 1.807) is 12.3 Å². The first-order valence-electron chi connectivity index (χ1n) is 5.64. The number of aromatic nitrogens is 1. The molecule has 0 unspecified atom stereocenters. The van der Waals surface area contributed by atoms with Gasteiger partial charge in [0.1, 0.15) is 5.56 Å². The van der Waals surface area contributed by atoms with Gasteiger partial charge >= 0.3 is 5.97 Å². The minimum Gasteiger partial charge on any atom is -0.478 e. The van der Waals surface area contributed by atoms with E-state index in [1.165, 1.54) is 19.0 Å². The first kappa shape index (κ1) is 10.9. The van der Waals surface area contributed by atoms with Gasteiger partial charge in [0.05, 0.1) is 5.69 Å². The van der Waals surface area contributed by atoms with Crippen LogP contribution in [0, 0.1) is 5.92 Å². The quantitative estimate of drug-likeness (QED) is 0.824. The number of rotatable bonds is 5. The number of hydrogen-bond donors (Lipinski definition) is 1. The molecule has 1 N–H and O–H groups in total. The van der Waals surface area contributed by atoms with E-state index in [0.29, 0.717) is 5.56 Å². The minimum absolute atomic E-state index is 0.296. The summed E-state index contributed by atoms with van der Waals surface area (Å²) in [6, 6.07) is 1.79. The Hall–Kier alpha value is -1.58. The number of pyridine rings is 1. The second-order valence-electron chi connectivity index (χ2n) is 4.18. The molecule has 0 bridgehead atoms. The van der Waals surface area contributed by atoms with E-state index in [4.69, 9.17) is 5.11 Å². The van der Waals surface area contributed by atoms with Crippen molar-refractivity contribution in [3.8, 4) is 0 Å². The van der Waals surface area contributed by atoms with E-state index >= 15 is 0 Å². The molecule has 0 aliphatic heterocycles. The van der Waals surface area contributed by atoms with Crippen molar-refractivity contribution >= 4 is 11.7 Å². The number of nitrogens with zero attached hydrogens (tertiary/aromatic N) is 2. The summed E-state index contributed by atoms with van der Waals surface area (Å²) in [6.07, 6.45) is 5.61. The standard InChI is InChI=1S/C12H16N2O2/c1-2-14(8-9-3-4-9)11-5-6-13-7-10(11)12(15)16/h5-7,9H,2-4,8H2,1H3,(H,15,16). The zero-order chi connectivity index (χ0) is 11.5. The lowest BCUT2D eigenvalue weighted by Crippen LogP contribution is -2.27. The van der Waals surface area contributed by atoms with Crippen molar-refractivity contribution in [2.75, 3.05) is 18.0 Å². The van der Waals surface area contributed by atoms with Crippen molar-refractivity contribution in [1.29, 1.82) is 0 Å². The molecular formula is C12H16N2O2. The summed E-state index contributed by atoms with van der Waals surface area (Å²) in [5.74, 6) is -0.160. The molecule has 4 nitrogen and oxygen atoms in total. The highest BCUT2D eigenvalue weighted by Crippen LogP contribution is 2.32. The number of carboxylic acids is 1. The topological polar surface area (TPSA) is 53.4 Å². The fraction of sp³-hybridized carbons (Fsp3) is 0.500. The molecule has 1 aliphatic carbocycles. The number of aromatic carboxylic acids is 1. The molecule has 1 heterocycles. The van der Waals surface area contributed by atoms with Crippen molar-refractivity contribution in [2.45, 2.75) is 19.8 Å². The molecule has 1 aliphatic rings. The normalized spacial score (nSPS) is 14.8. The molecule has 1 aromatic heterocycles. The Bertz CT molecular complexity index is 388. The molecular weight excluding hydrogens is 204 g/mol. The van der Waals surface area contributed by atoms with E-state index in [2.05, 4.69) is 16.8 Å². The van der Waals surface area contributed by atoms with Gasteiger partial charge in [-0.05, 0) is 31.7 Å². The predicted octanol–water partition coefficient (Wildman–Crippen LogP) is 2.02. The summed E-state index contributed by atoms with van der Waals surface area (Å²) in [5.41, 5.74) is 1.09. The molecule has 1 fully saturated rings. The van der Waals surface area contributed by atoms with E-state index in [0.717, 1.165) is 24.7 Å². The van der Waals surface area contributed by atoms with Gasteiger partial charge in [0.25, 0.3) is 0 Å². The summed E-state index contributed by atoms with van der Waals surface area (Å²) < 4.78 is 0. The average Bonchev–Trinajstić information content (AvgIpc) is 3.09. The number of anilines is 1. The van der Waals surface area contributed by atoms with E-state index in [1.807, 2.05) is 0 Å². The molecule has 0 atom stereocenters. The molecule has 0 saturated heterocycles. The summed E-state index contributed by atoms with van der Waals surface area (Å²) >= 11 is 0. The Morgan fingerprint density at radius 1 is 1.62 bits per heavy atom. The molecule has 16 heavy (non-hydrogen) atoms. The third-order valence-corrected chi connectivity index (χ3v) is 2.93. The Morgan fingerprint density at radius 2 is 2.38 bits per heavy atom. The maximum atomic E-state index is 11.1. The van der Waals surface area contributed by atoms with Crippen molar-refractivity contribution in [1.82, 2.24) is 4.98 Å². The summed E-state index contributed by atoms with van der Waals surface area (Å²) in [7, 11) is 0. The minimum atomic E-state index is -0.905. The molecule has 0 radical (unpaired) electrons. The van der Waals surface area contributed by atoms with Crippen LogP contribution in [0.1, 0.15) is 30.1 Å². The lowest BCUT2D eigenvalue weighted by Gasteiger charge is -2.24. The zero-order valence-corrected chi connectivity index (χ0v) is 9.39. The number of carbonyl (C=O) groups is 1. The van der Waals surface area contributed by atoms with Gasteiger partial charge in [0.2, 0.25) is 0 Å². The molecule has 1 saturated carbocycles. The van der Waals surface area contributed by atoms with Crippen molar-refractivity contribution < 1.29 is 9.90 Å². The van der Waals surface area contributed by atoms with E-state index < -0.39 is 5.97 Å². The monoisotopic (exact) mass is 220 g/mol. The van der Waals surface area contributed by atoms with Gasteiger partial charge in [-0.25, -0.2) is 4.79 Å². The van der Waals surface area contributed by atoms with Crippen LogP contribution in [-0.4, -0.2) is 29.1 Å². The number of hydrogen-bond acceptors (Lipinski definition) is 3. The number of carboxylic acid groups (broad SMARTS) is 1. The van der Waals surface area contributed by atoms with Gasteiger partial charge in [-0.3, -0.25) is 4.98 Å². The predicted molar refractivity (Wildman–Crippen MR) is 61.8 cm³/mol. The second-order valence-corrected chi connectivity index (χ2v) is 4.18. The maximum absolute atomic E-state index is 11.1. The Balaban J connectivity index is 2.24. The first-order chi connectivity index (χ1) is 7.72. The van der Waals surface area contributed by atoms with Crippen molar-refractivity contribution in [3.05, 3.63) is 24.0 Å². The molecule has 4 heteroatoms. The van der Waals surface area contributed by atoms with Crippen LogP contribution in [0.15, 0.2) is 18.5 Å². The molecule has 0 amide bonds. The van der Waals surface area contributed by atoms with Gasteiger partial charge in [0.15, 0.2) is 0 Å². The van der Waals surface area contributed by atoms with Gasteiger partial charge in [0, 0.05) is 25.5 Å². The Labute approximate surface area is 94.9 Å². The third kappa shape index (κ3) is 2.32. The van der Waals surface area contributed by atoms with Gasteiger partial charge in [-0.2, -0.15) is 0 Å². The fourth-order valence-corrected chi connectivity index (χ4v) is 1.84. The largest absolute Gasteiger partial charge is 0.478 e.